The van der Waals surface area contributed by atoms with E-state index in [1.165, 1.54) is 4.90 Å². The molecule has 0 aromatic heterocycles. The molecule has 3 atom stereocenters. The van der Waals surface area contributed by atoms with Crippen LogP contribution < -0.4 is 14.4 Å². The van der Waals surface area contributed by atoms with Crippen LogP contribution in [-0.4, -0.2) is 131 Å². The summed E-state index contributed by atoms with van der Waals surface area (Å²) in [5, 5.41) is 19.8. The molecule has 2 aromatic rings. The molecule has 2 fully saturated rings. The minimum Gasteiger partial charge on any atom is -0.490 e. The van der Waals surface area contributed by atoms with E-state index in [-0.39, 0.29) is 58.3 Å². The second kappa shape index (κ2) is 26.5. The molecule has 2 aromatic carbocycles. The van der Waals surface area contributed by atoms with Crippen molar-refractivity contribution in [2.45, 2.75) is 108 Å². The van der Waals surface area contributed by atoms with E-state index >= 15 is 0 Å². The second-order valence-electron chi connectivity index (χ2n) is 15.4. The summed E-state index contributed by atoms with van der Waals surface area (Å²) in [6.45, 7) is 2.76. The van der Waals surface area contributed by atoms with E-state index in [1.54, 1.807) is 19.2 Å². The van der Waals surface area contributed by atoms with E-state index in [1.807, 2.05) is 30.3 Å². The SMILES string of the molecule is COCCCN1CCOc2ccc(COC3CN(C(=O)OCCCCCO[N+](=O)[O-])CC(OC(=O)OCCCCCO[N+](=O)[O-])C3OC3CCC(Oc4ccc(Cl)cc4)CC3)cc21. The molecule has 0 bridgehead atoms. The molecule has 20 nitrogen and oxygen atoms in total. The first kappa shape index (κ1) is 49.0. The molecule has 63 heavy (non-hydrogen) atoms. The Morgan fingerprint density at radius 3 is 2.13 bits per heavy atom. The summed E-state index contributed by atoms with van der Waals surface area (Å²) < 4.78 is 47.9. The first-order valence-electron chi connectivity index (χ1n) is 21.6. The molecule has 21 heteroatoms. The lowest BCUT2D eigenvalue weighted by Crippen LogP contribution is -2.60. The highest BCUT2D eigenvalue weighted by atomic mass is 35.5. The van der Waals surface area contributed by atoms with Crippen molar-refractivity contribution in [2.24, 2.45) is 0 Å². The van der Waals surface area contributed by atoms with E-state index < -0.39 is 40.7 Å². The van der Waals surface area contributed by atoms with Crippen molar-refractivity contribution in [3.05, 3.63) is 73.3 Å². The number of likely N-dealkylation sites (tertiary alicyclic amines) is 1. The molecule has 0 radical (unpaired) electrons. The summed E-state index contributed by atoms with van der Waals surface area (Å²) in [6, 6.07) is 13.1. The van der Waals surface area contributed by atoms with E-state index in [0.29, 0.717) is 82.4 Å². The van der Waals surface area contributed by atoms with Crippen molar-refractivity contribution >= 4 is 29.5 Å². The third kappa shape index (κ3) is 17.2. The van der Waals surface area contributed by atoms with E-state index in [2.05, 4.69) is 14.6 Å². The summed E-state index contributed by atoms with van der Waals surface area (Å²) in [4.78, 5) is 60.1. The number of carbonyl (C=O) groups is 2. The van der Waals surface area contributed by atoms with Crippen LogP contribution in [0, 0.1) is 20.2 Å². The number of unbranched alkanes of at least 4 members (excludes halogenated alkanes) is 4. The van der Waals surface area contributed by atoms with Crippen LogP contribution in [0.2, 0.25) is 5.02 Å². The monoisotopic (exact) mass is 910 g/mol. The van der Waals surface area contributed by atoms with Crippen molar-refractivity contribution in [3.63, 3.8) is 0 Å². The lowest BCUT2D eigenvalue weighted by atomic mass is 9.93. The first-order valence-corrected chi connectivity index (χ1v) is 21.9. The van der Waals surface area contributed by atoms with Crippen LogP contribution in [0.4, 0.5) is 15.3 Å². The van der Waals surface area contributed by atoms with Gasteiger partial charge < -0.3 is 57.4 Å². The van der Waals surface area contributed by atoms with Crippen molar-refractivity contribution in [1.29, 1.82) is 0 Å². The maximum Gasteiger partial charge on any atom is 0.508 e. The van der Waals surface area contributed by atoms with Gasteiger partial charge >= 0.3 is 12.2 Å². The van der Waals surface area contributed by atoms with E-state index in [4.69, 9.17) is 49.5 Å². The average molecular weight is 911 g/mol. The summed E-state index contributed by atoms with van der Waals surface area (Å²) in [7, 11) is 1.68. The molecule has 350 valence electrons. The predicted molar refractivity (Wildman–Crippen MR) is 225 cm³/mol. The highest BCUT2D eigenvalue weighted by molar-refractivity contribution is 6.30. The molecule has 2 aliphatic heterocycles. The predicted octanol–water partition coefficient (Wildman–Crippen LogP) is 6.97. The van der Waals surface area contributed by atoms with Gasteiger partial charge in [0.25, 0.3) is 10.2 Å². The third-order valence-electron chi connectivity index (χ3n) is 10.8. The van der Waals surface area contributed by atoms with Crippen molar-refractivity contribution in [1.82, 2.24) is 4.90 Å². The number of anilines is 1. The minimum atomic E-state index is -1.02. The standard InChI is InChI=1S/C42H59ClN4O16/c1-54-21-8-19-44-20-26-55-37-18-9-31(27-36(37)44)30-58-38-28-45(41(48)56-22-4-2-6-24-59-46(50)51)29-39(63-42(49)57-23-5-3-7-25-60-47(52)53)40(38)62-35-16-14-34(15-17-35)61-33-12-10-32(43)11-13-33/h9-13,18,27,34-35,38-40H,2-8,14-17,19-26,28-30H2,1H3. The zero-order valence-corrected chi connectivity index (χ0v) is 36.4. The normalized spacial score (nSPS) is 20.8. The lowest BCUT2D eigenvalue weighted by molar-refractivity contribution is -0.757. The minimum absolute atomic E-state index is 0.00388. The number of nitrogens with zero attached hydrogens (tertiary/aromatic N) is 4. The zero-order chi connectivity index (χ0) is 44.8. The Labute approximate surface area is 371 Å². The lowest BCUT2D eigenvalue weighted by Gasteiger charge is -2.43. The van der Waals surface area contributed by atoms with E-state index in [0.717, 1.165) is 42.3 Å². The number of benzene rings is 2. The van der Waals surface area contributed by atoms with Crippen LogP contribution >= 0.6 is 11.6 Å². The molecule has 2 heterocycles. The summed E-state index contributed by atoms with van der Waals surface area (Å²) in [5.74, 6) is 1.50. The topological polar surface area (TPSA) is 219 Å². The Kier molecular flexibility index (Phi) is 20.6. The second-order valence-corrected chi connectivity index (χ2v) is 15.9. The molecule has 1 saturated heterocycles. The van der Waals surface area contributed by atoms with Crippen LogP contribution in [0.25, 0.3) is 0 Å². The Morgan fingerprint density at radius 2 is 1.44 bits per heavy atom. The molecule has 0 spiro atoms. The van der Waals surface area contributed by atoms with Crippen LogP contribution in [0.1, 0.15) is 76.2 Å². The Hall–Kier alpha value is -5.05. The third-order valence-corrected chi connectivity index (χ3v) is 11.0. The van der Waals surface area contributed by atoms with Gasteiger partial charge in [-0.05, 0) is 113 Å². The first-order chi connectivity index (χ1) is 30.6. The van der Waals surface area contributed by atoms with E-state index in [9.17, 15) is 29.8 Å². The van der Waals surface area contributed by atoms with Crippen LogP contribution in [-0.2, 0) is 44.7 Å². The largest absolute Gasteiger partial charge is 0.508 e. The van der Waals surface area contributed by atoms with Gasteiger partial charge in [-0.3, -0.25) is 0 Å². The molecule has 3 aliphatic rings. The molecule has 1 saturated carbocycles. The number of amides is 1. The fourth-order valence-corrected chi connectivity index (χ4v) is 7.72. The molecule has 5 rings (SSSR count). The number of halogens is 1. The molecule has 1 amide bonds. The van der Waals surface area contributed by atoms with Crippen molar-refractivity contribution in [3.8, 4) is 11.5 Å². The van der Waals surface area contributed by atoms with Crippen molar-refractivity contribution < 1.29 is 67.3 Å². The Morgan fingerprint density at radius 1 is 0.794 bits per heavy atom. The van der Waals surface area contributed by atoms with Gasteiger partial charge in [0.2, 0.25) is 0 Å². The van der Waals surface area contributed by atoms with Crippen LogP contribution in [0.5, 0.6) is 11.5 Å². The summed E-state index contributed by atoms with van der Waals surface area (Å²) >= 11 is 6.06. The smallest absolute Gasteiger partial charge is 0.490 e. The van der Waals surface area contributed by atoms with Crippen LogP contribution in [0.3, 0.4) is 0 Å². The number of hydrogen-bond donors (Lipinski definition) is 0. The zero-order valence-electron chi connectivity index (χ0n) is 35.7. The van der Waals surface area contributed by atoms with Gasteiger partial charge in [0, 0.05) is 25.3 Å². The highest BCUT2D eigenvalue weighted by Gasteiger charge is 2.45. The number of methoxy groups -OCH3 is 1. The molecule has 1 aliphatic carbocycles. The number of rotatable bonds is 26. The number of piperidine rings is 1. The van der Waals surface area contributed by atoms with Gasteiger partial charge in [0.15, 0.2) is 6.10 Å². The summed E-state index contributed by atoms with van der Waals surface area (Å²) in [5.41, 5.74) is 1.80. The van der Waals surface area contributed by atoms with Gasteiger partial charge in [-0.1, -0.05) is 17.7 Å². The van der Waals surface area contributed by atoms with Gasteiger partial charge in [-0.15, -0.1) is 20.2 Å². The van der Waals surface area contributed by atoms with Crippen LogP contribution in [0.15, 0.2) is 42.5 Å². The van der Waals surface area contributed by atoms with Gasteiger partial charge in [-0.25, -0.2) is 9.59 Å². The van der Waals surface area contributed by atoms with Gasteiger partial charge in [-0.2, -0.15) is 0 Å². The number of hydrogen-bond acceptors (Lipinski definition) is 17. The Balaban J connectivity index is 1.29. The quantitative estimate of drug-likeness (QED) is 0.0403. The van der Waals surface area contributed by atoms with Crippen molar-refractivity contribution in [2.75, 3.05) is 77.8 Å². The summed E-state index contributed by atoms with van der Waals surface area (Å²) in [6.07, 6.45) is 1.78. The maximum absolute atomic E-state index is 13.6. The average Bonchev–Trinajstić information content (AvgIpc) is 3.27. The highest BCUT2D eigenvalue weighted by Crippen LogP contribution is 2.34. The maximum atomic E-state index is 13.6. The number of ether oxygens (including phenoxy) is 8. The molecular weight excluding hydrogens is 852 g/mol. The number of carbonyl (C=O) groups excluding carboxylic acids is 2. The number of fused-ring (bicyclic) bond motifs is 1. The fraction of sp³-hybridized carbons (Fsp3) is 0.667. The molecule has 0 N–H and O–H groups in total. The van der Waals surface area contributed by atoms with Gasteiger partial charge in [0.05, 0.1) is 70.6 Å². The Bertz CT molecular complexity index is 1720. The molecular formula is C42H59ClN4O16. The molecule has 3 unspecified atom stereocenters. The fourth-order valence-electron chi connectivity index (χ4n) is 7.59. The van der Waals surface area contributed by atoms with Gasteiger partial charge in [0.1, 0.15) is 30.3 Å².